The van der Waals surface area contributed by atoms with Gasteiger partial charge in [-0.1, -0.05) is 6.92 Å². The molecule has 1 unspecified atom stereocenters. The lowest BCUT2D eigenvalue weighted by molar-refractivity contribution is 0.585. The van der Waals surface area contributed by atoms with E-state index in [4.69, 9.17) is 5.73 Å². The molecule has 5 nitrogen and oxygen atoms in total. The smallest absolute Gasteiger partial charge is 0.257 e. The predicted octanol–water partition coefficient (Wildman–Crippen LogP) is -0.0438. The molecule has 0 amide bonds. The van der Waals surface area contributed by atoms with Crippen LogP contribution in [0.2, 0.25) is 0 Å². The standard InChI is InChI=1S/C8H12N4O/c1-4-2-5-6(10-3-4)11-8(9)12-7(5)13/h4H,2-3H2,1H3,(H4,9,10,11,12,13). The second kappa shape index (κ2) is 2.76. The fourth-order valence-corrected chi connectivity index (χ4v) is 1.54. The van der Waals surface area contributed by atoms with Crippen LogP contribution in [0, 0.1) is 5.92 Å². The van der Waals surface area contributed by atoms with Gasteiger partial charge >= 0.3 is 0 Å². The van der Waals surface area contributed by atoms with Gasteiger partial charge < -0.3 is 11.1 Å². The molecule has 0 aliphatic carbocycles. The van der Waals surface area contributed by atoms with E-state index < -0.39 is 0 Å². The maximum atomic E-state index is 11.4. The molecule has 2 rings (SSSR count). The maximum absolute atomic E-state index is 11.4. The van der Waals surface area contributed by atoms with Crippen LogP contribution >= 0.6 is 0 Å². The van der Waals surface area contributed by atoms with Gasteiger partial charge in [-0.05, 0) is 12.3 Å². The summed E-state index contributed by atoms with van der Waals surface area (Å²) in [5, 5.41) is 3.08. The van der Waals surface area contributed by atoms with Crippen molar-refractivity contribution < 1.29 is 0 Å². The molecule has 1 aliphatic rings. The van der Waals surface area contributed by atoms with Gasteiger partial charge in [-0.25, -0.2) is 0 Å². The highest BCUT2D eigenvalue weighted by Gasteiger charge is 2.18. The van der Waals surface area contributed by atoms with Crippen LogP contribution in [0.25, 0.3) is 0 Å². The number of fused-ring (bicyclic) bond motifs is 1. The minimum atomic E-state index is -0.124. The minimum Gasteiger partial charge on any atom is -0.369 e. The zero-order valence-electron chi connectivity index (χ0n) is 7.42. The topological polar surface area (TPSA) is 83.8 Å². The van der Waals surface area contributed by atoms with Crippen molar-refractivity contribution >= 4 is 11.8 Å². The van der Waals surface area contributed by atoms with Crippen molar-refractivity contribution in [3.63, 3.8) is 0 Å². The first-order valence-electron chi connectivity index (χ1n) is 4.29. The molecular formula is C8H12N4O. The summed E-state index contributed by atoms with van der Waals surface area (Å²) in [5.41, 5.74) is 6.00. The summed E-state index contributed by atoms with van der Waals surface area (Å²) in [5.74, 6) is 1.28. The predicted molar refractivity (Wildman–Crippen MR) is 50.6 cm³/mol. The van der Waals surface area contributed by atoms with Crippen LogP contribution in [-0.2, 0) is 6.42 Å². The molecule has 0 radical (unpaired) electrons. The maximum Gasteiger partial charge on any atom is 0.257 e. The van der Waals surface area contributed by atoms with Crippen molar-refractivity contribution in [1.29, 1.82) is 0 Å². The Balaban J connectivity index is 2.53. The number of H-pyrrole nitrogens is 1. The Morgan fingerprint density at radius 2 is 2.38 bits per heavy atom. The first kappa shape index (κ1) is 8.10. The van der Waals surface area contributed by atoms with Gasteiger partial charge in [0.25, 0.3) is 5.56 Å². The van der Waals surface area contributed by atoms with E-state index in [0.29, 0.717) is 17.3 Å². The van der Waals surface area contributed by atoms with Crippen LogP contribution in [-0.4, -0.2) is 16.5 Å². The summed E-state index contributed by atoms with van der Waals surface area (Å²) in [6, 6.07) is 0. The van der Waals surface area contributed by atoms with Crippen LogP contribution < -0.4 is 16.6 Å². The fraction of sp³-hybridized carbons (Fsp3) is 0.500. The van der Waals surface area contributed by atoms with Crippen LogP contribution in [0.5, 0.6) is 0 Å². The minimum absolute atomic E-state index is 0.124. The molecule has 0 bridgehead atoms. The highest BCUT2D eigenvalue weighted by molar-refractivity contribution is 5.48. The fourth-order valence-electron chi connectivity index (χ4n) is 1.54. The second-order valence-corrected chi connectivity index (χ2v) is 3.47. The number of aromatic nitrogens is 2. The molecule has 0 aromatic carbocycles. The Morgan fingerprint density at radius 3 is 3.15 bits per heavy atom. The van der Waals surface area contributed by atoms with Gasteiger partial charge in [0.05, 0.1) is 5.56 Å². The number of nitrogen functional groups attached to an aromatic ring is 1. The summed E-state index contributed by atoms with van der Waals surface area (Å²) in [6.07, 6.45) is 0.769. The lowest BCUT2D eigenvalue weighted by atomic mass is 9.99. The molecule has 1 aliphatic heterocycles. The molecule has 4 N–H and O–H groups in total. The number of hydrogen-bond donors (Lipinski definition) is 3. The van der Waals surface area contributed by atoms with Crippen molar-refractivity contribution in [2.24, 2.45) is 5.92 Å². The van der Waals surface area contributed by atoms with Gasteiger partial charge in [0.15, 0.2) is 0 Å². The van der Waals surface area contributed by atoms with Crippen LogP contribution in [0.3, 0.4) is 0 Å². The summed E-state index contributed by atoms with van der Waals surface area (Å²) >= 11 is 0. The third kappa shape index (κ3) is 1.37. The van der Waals surface area contributed by atoms with Crippen molar-refractivity contribution in [1.82, 2.24) is 9.97 Å². The van der Waals surface area contributed by atoms with Gasteiger partial charge in [0.1, 0.15) is 5.82 Å². The normalized spacial score (nSPS) is 20.5. The monoisotopic (exact) mass is 180 g/mol. The number of rotatable bonds is 0. The lowest BCUT2D eigenvalue weighted by Crippen LogP contribution is -2.29. The van der Waals surface area contributed by atoms with Crippen LogP contribution in [0.15, 0.2) is 4.79 Å². The van der Waals surface area contributed by atoms with Crippen molar-refractivity contribution in [2.75, 3.05) is 17.6 Å². The Labute approximate surface area is 75.4 Å². The average Bonchev–Trinajstić information content (AvgIpc) is 2.06. The molecule has 2 heterocycles. The van der Waals surface area contributed by atoms with E-state index in [1.165, 1.54) is 0 Å². The quantitative estimate of drug-likeness (QED) is 0.523. The van der Waals surface area contributed by atoms with Gasteiger partial charge in [-0.3, -0.25) is 9.78 Å². The zero-order chi connectivity index (χ0) is 9.42. The summed E-state index contributed by atoms with van der Waals surface area (Å²) in [7, 11) is 0. The van der Waals surface area contributed by atoms with E-state index in [9.17, 15) is 4.79 Å². The van der Waals surface area contributed by atoms with E-state index >= 15 is 0 Å². The molecule has 1 aromatic heterocycles. The number of aromatic amines is 1. The molecule has 13 heavy (non-hydrogen) atoms. The van der Waals surface area contributed by atoms with E-state index in [2.05, 4.69) is 22.2 Å². The van der Waals surface area contributed by atoms with Gasteiger partial charge in [-0.2, -0.15) is 4.98 Å². The number of nitrogens with zero attached hydrogens (tertiary/aromatic N) is 1. The first-order chi connectivity index (χ1) is 6.16. The highest BCUT2D eigenvalue weighted by Crippen LogP contribution is 2.18. The molecular weight excluding hydrogens is 168 g/mol. The SMILES string of the molecule is CC1CNc2nc(N)[nH]c(=O)c2C1. The molecule has 1 atom stereocenters. The largest absolute Gasteiger partial charge is 0.369 e. The molecule has 0 saturated carbocycles. The Bertz CT molecular complexity index is 384. The Morgan fingerprint density at radius 1 is 1.62 bits per heavy atom. The van der Waals surface area contributed by atoms with Crippen molar-refractivity contribution in [3.8, 4) is 0 Å². The van der Waals surface area contributed by atoms with Gasteiger partial charge in [0.2, 0.25) is 5.95 Å². The van der Waals surface area contributed by atoms with E-state index in [0.717, 1.165) is 13.0 Å². The molecule has 1 aromatic rings. The summed E-state index contributed by atoms with van der Waals surface area (Å²) in [6.45, 7) is 2.94. The molecule has 0 spiro atoms. The first-order valence-corrected chi connectivity index (χ1v) is 4.29. The highest BCUT2D eigenvalue weighted by atomic mass is 16.1. The molecule has 5 heteroatoms. The average molecular weight is 180 g/mol. The van der Waals surface area contributed by atoms with E-state index in [-0.39, 0.29) is 11.5 Å². The summed E-state index contributed by atoms with van der Waals surface area (Å²) in [4.78, 5) is 17.9. The number of nitrogens with two attached hydrogens (primary N) is 1. The van der Waals surface area contributed by atoms with Crippen molar-refractivity contribution in [2.45, 2.75) is 13.3 Å². The number of anilines is 2. The Hall–Kier alpha value is -1.52. The third-order valence-corrected chi connectivity index (χ3v) is 2.20. The van der Waals surface area contributed by atoms with Crippen molar-refractivity contribution in [3.05, 3.63) is 15.9 Å². The van der Waals surface area contributed by atoms with Gasteiger partial charge in [0, 0.05) is 6.54 Å². The van der Waals surface area contributed by atoms with E-state index in [1.807, 2.05) is 0 Å². The number of nitrogens with one attached hydrogen (secondary N) is 2. The number of hydrogen-bond acceptors (Lipinski definition) is 4. The molecule has 0 fully saturated rings. The lowest BCUT2D eigenvalue weighted by Gasteiger charge is -2.21. The zero-order valence-corrected chi connectivity index (χ0v) is 7.42. The Kier molecular flexibility index (Phi) is 1.72. The van der Waals surface area contributed by atoms with Crippen LogP contribution in [0.4, 0.5) is 11.8 Å². The van der Waals surface area contributed by atoms with E-state index in [1.54, 1.807) is 0 Å². The molecule has 70 valence electrons. The molecule has 0 saturated heterocycles. The second-order valence-electron chi connectivity index (χ2n) is 3.47. The summed E-state index contributed by atoms with van der Waals surface area (Å²) < 4.78 is 0. The third-order valence-electron chi connectivity index (χ3n) is 2.20. The van der Waals surface area contributed by atoms with Crippen LogP contribution in [0.1, 0.15) is 12.5 Å². The van der Waals surface area contributed by atoms with Gasteiger partial charge in [-0.15, -0.1) is 0 Å².